The molecule has 0 aromatic heterocycles. The Morgan fingerprint density at radius 3 is 2.56 bits per heavy atom. The van der Waals surface area contributed by atoms with Crippen LogP contribution in [0.15, 0.2) is 24.3 Å². The van der Waals surface area contributed by atoms with Gasteiger partial charge in [0.05, 0.1) is 6.10 Å². The van der Waals surface area contributed by atoms with Gasteiger partial charge < -0.3 is 10.0 Å². The van der Waals surface area contributed by atoms with E-state index in [4.69, 9.17) is 0 Å². The monoisotopic (exact) mass is 247 g/mol. The van der Waals surface area contributed by atoms with Gasteiger partial charge in [0.1, 0.15) is 0 Å². The molecular weight excluding hydrogens is 222 g/mol. The van der Waals surface area contributed by atoms with Crippen molar-refractivity contribution in [2.75, 3.05) is 19.6 Å². The molecule has 1 aliphatic rings. The zero-order valence-electron chi connectivity index (χ0n) is 11.8. The maximum atomic E-state index is 10.3. The molecule has 1 aromatic carbocycles. The van der Waals surface area contributed by atoms with Crippen LogP contribution in [0.1, 0.15) is 43.9 Å². The lowest BCUT2D eigenvalue weighted by molar-refractivity contribution is 0.0703. The first-order chi connectivity index (χ1) is 8.46. The van der Waals surface area contributed by atoms with Crippen molar-refractivity contribution >= 4 is 0 Å². The van der Waals surface area contributed by atoms with E-state index in [0.717, 1.165) is 25.2 Å². The summed E-state index contributed by atoms with van der Waals surface area (Å²) in [6.45, 7) is 9.72. The summed E-state index contributed by atoms with van der Waals surface area (Å²) in [5.74, 6) is 0. The summed E-state index contributed by atoms with van der Waals surface area (Å²) >= 11 is 0. The smallest absolute Gasteiger partial charge is 0.0917 e. The van der Waals surface area contributed by atoms with Crippen molar-refractivity contribution in [3.8, 4) is 0 Å². The van der Waals surface area contributed by atoms with Crippen LogP contribution in [0.5, 0.6) is 0 Å². The third-order valence-electron chi connectivity index (χ3n) is 4.07. The quantitative estimate of drug-likeness (QED) is 0.887. The Labute approximate surface area is 111 Å². The number of benzene rings is 1. The Kier molecular flexibility index (Phi) is 4.08. The SMILES string of the molecule is Cc1cccc(C(O)CN2CCC(C)(C)CC2)c1. The lowest BCUT2D eigenvalue weighted by Crippen LogP contribution is -2.39. The number of piperidine rings is 1. The average Bonchev–Trinajstić information content (AvgIpc) is 2.32. The van der Waals surface area contributed by atoms with Crippen molar-refractivity contribution in [2.45, 2.75) is 39.7 Å². The van der Waals surface area contributed by atoms with Crippen molar-refractivity contribution in [2.24, 2.45) is 5.41 Å². The molecule has 0 radical (unpaired) electrons. The predicted molar refractivity (Wildman–Crippen MR) is 75.6 cm³/mol. The minimum absolute atomic E-state index is 0.355. The fourth-order valence-corrected chi connectivity index (χ4v) is 2.57. The second-order valence-corrected chi connectivity index (χ2v) is 6.39. The average molecular weight is 247 g/mol. The third kappa shape index (κ3) is 3.56. The van der Waals surface area contributed by atoms with Gasteiger partial charge in [-0.3, -0.25) is 0 Å². The van der Waals surface area contributed by atoms with Crippen LogP contribution < -0.4 is 0 Å². The maximum absolute atomic E-state index is 10.3. The van der Waals surface area contributed by atoms with Crippen molar-refractivity contribution < 1.29 is 5.11 Å². The maximum Gasteiger partial charge on any atom is 0.0917 e. The zero-order chi connectivity index (χ0) is 13.2. The molecule has 0 amide bonds. The molecule has 0 spiro atoms. The molecule has 1 N–H and O–H groups in total. The van der Waals surface area contributed by atoms with E-state index in [2.05, 4.69) is 37.8 Å². The predicted octanol–water partition coefficient (Wildman–Crippen LogP) is 3.15. The minimum atomic E-state index is -0.355. The third-order valence-corrected chi connectivity index (χ3v) is 4.07. The zero-order valence-corrected chi connectivity index (χ0v) is 11.8. The molecule has 1 atom stereocenters. The van der Waals surface area contributed by atoms with Gasteiger partial charge in [-0.05, 0) is 43.8 Å². The summed E-state index contributed by atoms with van der Waals surface area (Å²) < 4.78 is 0. The number of rotatable bonds is 3. The molecule has 0 bridgehead atoms. The first kappa shape index (κ1) is 13.6. The Morgan fingerprint density at radius 1 is 1.28 bits per heavy atom. The largest absolute Gasteiger partial charge is 0.387 e. The number of β-amino-alcohol motifs (C(OH)–C–C–N with tert-alkyl or cyclic N) is 1. The summed E-state index contributed by atoms with van der Waals surface area (Å²) in [5.41, 5.74) is 2.73. The van der Waals surface area contributed by atoms with Gasteiger partial charge in [-0.25, -0.2) is 0 Å². The van der Waals surface area contributed by atoms with E-state index in [1.807, 2.05) is 12.1 Å². The minimum Gasteiger partial charge on any atom is -0.387 e. The van der Waals surface area contributed by atoms with Crippen LogP contribution in [0, 0.1) is 12.3 Å². The van der Waals surface area contributed by atoms with Crippen molar-refractivity contribution in [3.05, 3.63) is 35.4 Å². The molecule has 2 rings (SSSR count). The van der Waals surface area contributed by atoms with Gasteiger partial charge in [-0.1, -0.05) is 43.7 Å². The van der Waals surface area contributed by atoms with E-state index < -0.39 is 0 Å². The van der Waals surface area contributed by atoms with Crippen LogP contribution in [0.2, 0.25) is 0 Å². The molecule has 1 saturated heterocycles. The molecule has 18 heavy (non-hydrogen) atoms. The van der Waals surface area contributed by atoms with E-state index in [-0.39, 0.29) is 6.10 Å². The molecule has 2 nitrogen and oxygen atoms in total. The summed E-state index contributed by atoms with van der Waals surface area (Å²) in [6.07, 6.45) is 2.10. The number of aliphatic hydroxyl groups excluding tert-OH is 1. The molecule has 0 saturated carbocycles. The molecule has 100 valence electrons. The van der Waals surface area contributed by atoms with Crippen LogP contribution in [0.3, 0.4) is 0 Å². The highest BCUT2D eigenvalue weighted by Gasteiger charge is 2.26. The van der Waals surface area contributed by atoms with Crippen LogP contribution in [0.25, 0.3) is 0 Å². The van der Waals surface area contributed by atoms with Crippen molar-refractivity contribution in [1.82, 2.24) is 4.90 Å². The molecule has 1 aromatic rings. The van der Waals surface area contributed by atoms with E-state index >= 15 is 0 Å². The van der Waals surface area contributed by atoms with Gasteiger partial charge in [0.2, 0.25) is 0 Å². The molecule has 1 aliphatic heterocycles. The summed E-state index contributed by atoms with van der Waals surface area (Å²) in [7, 11) is 0. The van der Waals surface area contributed by atoms with Crippen LogP contribution in [-0.4, -0.2) is 29.6 Å². The normalized spacial score (nSPS) is 21.8. The number of hydrogen-bond donors (Lipinski definition) is 1. The van der Waals surface area contributed by atoms with Gasteiger partial charge in [0.25, 0.3) is 0 Å². The Bertz CT molecular complexity index is 390. The molecular formula is C16H25NO. The van der Waals surface area contributed by atoms with E-state index in [1.165, 1.54) is 18.4 Å². The summed E-state index contributed by atoms with van der Waals surface area (Å²) in [5, 5.41) is 10.3. The highest BCUT2D eigenvalue weighted by molar-refractivity contribution is 5.24. The first-order valence-electron chi connectivity index (χ1n) is 6.93. The Balaban J connectivity index is 1.90. The lowest BCUT2D eigenvalue weighted by atomic mass is 9.82. The highest BCUT2D eigenvalue weighted by Crippen LogP contribution is 2.30. The van der Waals surface area contributed by atoms with E-state index in [1.54, 1.807) is 0 Å². The van der Waals surface area contributed by atoms with Gasteiger partial charge in [0, 0.05) is 6.54 Å². The number of aryl methyl sites for hydroxylation is 1. The van der Waals surface area contributed by atoms with Gasteiger partial charge >= 0.3 is 0 Å². The van der Waals surface area contributed by atoms with Crippen LogP contribution in [-0.2, 0) is 0 Å². The fraction of sp³-hybridized carbons (Fsp3) is 0.625. The number of likely N-dealkylation sites (tertiary alicyclic amines) is 1. The topological polar surface area (TPSA) is 23.5 Å². The summed E-state index contributed by atoms with van der Waals surface area (Å²) in [6, 6.07) is 8.19. The van der Waals surface area contributed by atoms with Gasteiger partial charge in [-0.15, -0.1) is 0 Å². The molecule has 0 aliphatic carbocycles. The van der Waals surface area contributed by atoms with Crippen molar-refractivity contribution in [3.63, 3.8) is 0 Å². The second-order valence-electron chi connectivity index (χ2n) is 6.39. The first-order valence-corrected chi connectivity index (χ1v) is 6.93. The standard InChI is InChI=1S/C16H25NO/c1-13-5-4-6-14(11-13)15(18)12-17-9-7-16(2,3)8-10-17/h4-6,11,15,18H,7-10,12H2,1-3H3. The number of hydrogen-bond acceptors (Lipinski definition) is 2. The summed E-state index contributed by atoms with van der Waals surface area (Å²) in [4.78, 5) is 2.39. The molecule has 1 unspecified atom stereocenters. The van der Waals surface area contributed by atoms with E-state index in [9.17, 15) is 5.11 Å². The van der Waals surface area contributed by atoms with E-state index in [0.29, 0.717) is 5.41 Å². The number of nitrogens with zero attached hydrogens (tertiary/aromatic N) is 1. The Morgan fingerprint density at radius 2 is 1.94 bits per heavy atom. The van der Waals surface area contributed by atoms with Crippen LogP contribution in [0.4, 0.5) is 0 Å². The highest BCUT2D eigenvalue weighted by atomic mass is 16.3. The fourth-order valence-electron chi connectivity index (χ4n) is 2.57. The lowest BCUT2D eigenvalue weighted by Gasteiger charge is -2.37. The Hall–Kier alpha value is -0.860. The molecule has 1 fully saturated rings. The van der Waals surface area contributed by atoms with Crippen LogP contribution >= 0.6 is 0 Å². The van der Waals surface area contributed by atoms with Gasteiger partial charge in [-0.2, -0.15) is 0 Å². The molecule has 1 heterocycles. The number of aliphatic hydroxyl groups is 1. The molecule has 2 heteroatoms. The van der Waals surface area contributed by atoms with Crippen molar-refractivity contribution in [1.29, 1.82) is 0 Å². The van der Waals surface area contributed by atoms with Gasteiger partial charge in [0.15, 0.2) is 0 Å². The second kappa shape index (κ2) is 5.41.